The molecule has 2 aromatic carbocycles. The molecule has 0 aliphatic carbocycles. The van der Waals surface area contributed by atoms with Gasteiger partial charge in [-0.15, -0.1) is 0 Å². The molecule has 0 bridgehead atoms. The summed E-state index contributed by atoms with van der Waals surface area (Å²) in [6.07, 6.45) is 0. The predicted octanol–water partition coefficient (Wildman–Crippen LogP) is 9.00. The summed E-state index contributed by atoms with van der Waals surface area (Å²) < 4.78 is 0. The van der Waals surface area contributed by atoms with Crippen LogP contribution in [0.3, 0.4) is 0 Å². The Kier molecular flexibility index (Phi) is 14.4. The van der Waals surface area contributed by atoms with Crippen molar-refractivity contribution in [3.8, 4) is 0 Å². The molecule has 2 rings (SSSR count). The maximum Gasteiger partial charge on any atom is 0.300 e. The Bertz CT molecular complexity index is 907. The Hall–Kier alpha value is -1.63. The molecule has 0 aromatic heterocycles. The number of carboxylic acids is 1. The van der Waals surface area contributed by atoms with Crippen LogP contribution < -0.4 is 20.4 Å². The Morgan fingerprint density at radius 2 is 0.700 bits per heavy atom. The van der Waals surface area contributed by atoms with Crippen LogP contribution in [0.2, 0.25) is 0 Å². The molecule has 0 unspecified atom stereocenters. The summed E-state index contributed by atoms with van der Waals surface area (Å²) in [6, 6.07) is 18.2. The molecule has 0 aliphatic heterocycles. The van der Waals surface area contributed by atoms with Crippen LogP contribution in [0.25, 0.3) is 0 Å². The second-order valence-electron chi connectivity index (χ2n) is 14.7. The molecule has 4 nitrogen and oxygen atoms in total. The smallest absolute Gasteiger partial charge is 0.300 e. The monoisotopic (exact) mass is 590 g/mol. The van der Waals surface area contributed by atoms with Crippen molar-refractivity contribution >= 4 is 43.8 Å². The quantitative estimate of drug-likeness (QED) is 0.361. The lowest BCUT2D eigenvalue weighted by Gasteiger charge is -2.42. The van der Waals surface area contributed by atoms with Gasteiger partial charge < -0.3 is 14.9 Å². The van der Waals surface area contributed by atoms with Gasteiger partial charge >= 0.3 is 0 Å². The molecule has 0 fully saturated rings. The van der Waals surface area contributed by atoms with E-state index >= 15 is 0 Å². The fourth-order valence-corrected chi connectivity index (χ4v) is 13.4. The topological polar surface area (TPSA) is 43.8 Å². The zero-order valence-electron chi connectivity index (χ0n) is 28.8. The summed E-state index contributed by atoms with van der Waals surface area (Å²) >= 11 is 0. The lowest BCUT2D eigenvalue weighted by molar-refractivity contribution is -0.134. The van der Waals surface area contributed by atoms with Crippen molar-refractivity contribution in [2.75, 3.05) is 38.0 Å². The molecule has 0 aliphatic rings. The van der Waals surface area contributed by atoms with Crippen molar-refractivity contribution in [1.29, 1.82) is 0 Å². The van der Waals surface area contributed by atoms with E-state index in [1.54, 1.807) is 0 Å². The van der Waals surface area contributed by atoms with Gasteiger partial charge in [-0.25, -0.2) is 0 Å². The molecule has 0 amide bonds. The van der Waals surface area contributed by atoms with Gasteiger partial charge in [0.25, 0.3) is 5.97 Å². The van der Waals surface area contributed by atoms with Crippen LogP contribution in [0, 0.1) is 0 Å². The van der Waals surface area contributed by atoms with Crippen molar-refractivity contribution in [1.82, 2.24) is 0 Å². The lowest BCUT2D eigenvalue weighted by atomic mass is 10.2. The standard InChI is InChI=1S/2C16H28NP.C2H4O2/c2*1-15(2,3)18(16(4,5)6)14-11-9-13(10-12-14)17(7)8;1-2(3)4/h2*9-12H,1-8H3;1H3,(H,3,4). The molecule has 0 saturated heterocycles. The van der Waals surface area contributed by atoms with Crippen LogP contribution in [0.5, 0.6) is 0 Å². The number of aliphatic carboxylic acids is 1. The Morgan fingerprint density at radius 3 is 0.825 bits per heavy atom. The van der Waals surface area contributed by atoms with E-state index in [-0.39, 0.29) is 15.8 Å². The average Bonchev–Trinajstić information content (AvgIpc) is 2.70. The van der Waals surface area contributed by atoms with Gasteiger partial charge in [-0.05, 0) is 55.5 Å². The van der Waals surface area contributed by atoms with Crippen molar-refractivity contribution in [3.05, 3.63) is 48.5 Å². The predicted molar refractivity (Wildman–Crippen MR) is 187 cm³/mol. The lowest BCUT2D eigenvalue weighted by Crippen LogP contribution is -2.31. The first-order valence-corrected chi connectivity index (χ1v) is 16.8. The van der Waals surface area contributed by atoms with Gasteiger partial charge in [0.05, 0.1) is 0 Å². The van der Waals surface area contributed by atoms with Crippen LogP contribution >= 0.6 is 15.8 Å². The zero-order chi connectivity index (χ0) is 31.9. The first kappa shape index (κ1) is 38.4. The minimum Gasteiger partial charge on any atom is -0.481 e. The highest BCUT2D eigenvalue weighted by atomic mass is 31.1. The molecular formula is C34H60N2O2P2. The highest BCUT2D eigenvalue weighted by molar-refractivity contribution is 7.68. The average molecular weight is 591 g/mol. The summed E-state index contributed by atoms with van der Waals surface area (Å²) in [5, 5.41) is 11.8. The summed E-state index contributed by atoms with van der Waals surface area (Å²) in [6.45, 7) is 29.5. The third kappa shape index (κ3) is 13.4. The third-order valence-electron chi connectivity index (χ3n) is 5.93. The molecule has 0 spiro atoms. The van der Waals surface area contributed by atoms with E-state index in [9.17, 15) is 0 Å². The number of carbonyl (C=O) groups is 1. The van der Waals surface area contributed by atoms with Crippen LogP contribution in [0.4, 0.5) is 11.4 Å². The molecule has 0 radical (unpaired) electrons. The van der Waals surface area contributed by atoms with E-state index in [2.05, 4.69) is 170 Å². The number of benzene rings is 2. The van der Waals surface area contributed by atoms with E-state index in [4.69, 9.17) is 9.90 Å². The van der Waals surface area contributed by atoms with Gasteiger partial charge in [-0.2, -0.15) is 0 Å². The minimum absolute atomic E-state index is 0.188. The summed E-state index contributed by atoms with van der Waals surface area (Å²) in [4.78, 5) is 13.3. The van der Waals surface area contributed by atoms with Crippen LogP contribution in [0.15, 0.2) is 48.5 Å². The normalized spacial score (nSPS) is 12.3. The molecule has 0 atom stereocenters. The molecule has 2 aromatic rings. The van der Waals surface area contributed by atoms with E-state index in [0.717, 1.165) is 6.92 Å². The summed E-state index contributed by atoms with van der Waals surface area (Å²) in [5.74, 6) is -0.833. The second-order valence-corrected chi connectivity index (χ2v) is 22.4. The molecule has 6 heteroatoms. The zero-order valence-corrected chi connectivity index (χ0v) is 30.6. The number of carboxylic acid groups (broad SMARTS) is 1. The van der Waals surface area contributed by atoms with Gasteiger partial charge in [0, 0.05) is 46.5 Å². The van der Waals surface area contributed by atoms with E-state index in [1.807, 2.05) is 0 Å². The van der Waals surface area contributed by atoms with E-state index in [0.29, 0.717) is 20.6 Å². The number of nitrogens with zero attached hydrogens (tertiary/aromatic N) is 2. The van der Waals surface area contributed by atoms with Crippen LogP contribution in [-0.4, -0.2) is 59.9 Å². The number of rotatable bonds is 4. The van der Waals surface area contributed by atoms with Gasteiger partial charge in [-0.3, -0.25) is 4.79 Å². The fourth-order valence-electron chi connectivity index (χ4n) is 5.36. The first-order chi connectivity index (χ1) is 17.8. The Balaban J connectivity index is 0.000000671. The second kappa shape index (κ2) is 15.0. The summed E-state index contributed by atoms with van der Waals surface area (Å²) in [7, 11) is 7.98. The van der Waals surface area contributed by atoms with Gasteiger partial charge in [0.1, 0.15) is 0 Å². The van der Waals surface area contributed by atoms with E-state index in [1.165, 1.54) is 22.0 Å². The van der Waals surface area contributed by atoms with Crippen molar-refractivity contribution < 1.29 is 9.90 Å². The Labute approximate surface area is 250 Å². The molecular weight excluding hydrogens is 530 g/mol. The molecule has 0 heterocycles. The molecule has 40 heavy (non-hydrogen) atoms. The van der Waals surface area contributed by atoms with Crippen molar-refractivity contribution in [2.24, 2.45) is 0 Å². The van der Waals surface area contributed by atoms with Gasteiger partial charge in [0.2, 0.25) is 0 Å². The van der Waals surface area contributed by atoms with E-state index < -0.39 is 5.97 Å². The van der Waals surface area contributed by atoms with Crippen molar-refractivity contribution in [3.63, 3.8) is 0 Å². The van der Waals surface area contributed by atoms with Crippen LogP contribution in [-0.2, 0) is 4.79 Å². The molecule has 228 valence electrons. The SMILES string of the molecule is CC(=O)O.CN(C)c1ccc(P(C(C)(C)C)C(C)(C)C)cc1.CN(C)c1ccc(P(C(C)(C)C)C(C)(C)C)cc1. The fraction of sp³-hybridized carbons (Fsp3) is 0.618. The van der Waals surface area contributed by atoms with Crippen molar-refractivity contribution in [2.45, 2.75) is 111 Å². The number of hydrogen-bond donors (Lipinski definition) is 1. The number of hydrogen-bond acceptors (Lipinski definition) is 3. The minimum atomic E-state index is -0.833. The van der Waals surface area contributed by atoms with Gasteiger partial charge in [-0.1, -0.05) is 123 Å². The highest BCUT2D eigenvalue weighted by Gasteiger charge is 2.36. The summed E-state index contributed by atoms with van der Waals surface area (Å²) in [5.41, 5.74) is 2.55. The van der Waals surface area contributed by atoms with Gasteiger partial charge in [0.15, 0.2) is 0 Å². The van der Waals surface area contributed by atoms with Crippen LogP contribution in [0.1, 0.15) is 90.0 Å². The third-order valence-corrected chi connectivity index (χ3v) is 12.9. The Morgan fingerprint density at radius 1 is 0.525 bits per heavy atom. The maximum atomic E-state index is 9.00. The first-order valence-electron chi connectivity index (χ1n) is 14.1. The largest absolute Gasteiger partial charge is 0.481 e. The number of anilines is 2. The molecule has 0 saturated carbocycles. The highest BCUT2D eigenvalue weighted by Crippen LogP contribution is 2.59. The maximum absolute atomic E-state index is 9.00. The molecule has 1 N–H and O–H groups in total.